The molecular weight excluding hydrogens is 198 g/mol. The summed E-state index contributed by atoms with van der Waals surface area (Å²) in [6.45, 7) is 4.91. The zero-order valence-electron chi connectivity index (χ0n) is 9.72. The van der Waals surface area contributed by atoms with Gasteiger partial charge in [-0.25, -0.2) is 4.68 Å². The molecule has 16 heavy (non-hydrogen) atoms. The Hall–Kier alpha value is -1.61. The average molecular weight is 215 g/mol. The third kappa shape index (κ3) is 2.14. The Morgan fingerprint density at radius 3 is 2.44 bits per heavy atom. The molecule has 0 aliphatic carbocycles. The topological polar surface area (TPSA) is 43.8 Å². The normalized spacial score (nSPS) is 11.0. The monoisotopic (exact) mass is 215 g/mol. The molecule has 3 heteroatoms. The number of hydrogen-bond donors (Lipinski definition) is 1. The van der Waals surface area contributed by atoms with Crippen molar-refractivity contribution in [2.24, 2.45) is 5.73 Å². The highest BCUT2D eigenvalue weighted by molar-refractivity contribution is 5.34. The van der Waals surface area contributed by atoms with Crippen molar-refractivity contribution in [3.05, 3.63) is 47.8 Å². The molecular formula is C13H17N3. The molecule has 0 bridgehead atoms. The first-order valence-corrected chi connectivity index (χ1v) is 5.54. The standard InChI is InChI=1S/C13H17N3/c1-10(2)12-8-15-16(9-12)13-5-3-11(7-14)4-6-13/h3-6,8-10H,7,14H2,1-2H3. The SMILES string of the molecule is CC(C)c1cnn(-c2ccc(CN)cc2)c1. The zero-order valence-corrected chi connectivity index (χ0v) is 9.72. The minimum atomic E-state index is 0.511. The van der Waals surface area contributed by atoms with Gasteiger partial charge in [-0.2, -0.15) is 5.10 Å². The fourth-order valence-electron chi connectivity index (χ4n) is 1.56. The van der Waals surface area contributed by atoms with Gasteiger partial charge in [0.2, 0.25) is 0 Å². The highest BCUT2D eigenvalue weighted by Crippen LogP contribution is 2.15. The molecule has 0 aliphatic rings. The summed E-state index contributed by atoms with van der Waals surface area (Å²) >= 11 is 0. The van der Waals surface area contributed by atoms with Crippen LogP contribution < -0.4 is 5.73 Å². The van der Waals surface area contributed by atoms with E-state index in [1.54, 1.807) is 0 Å². The van der Waals surface area contributed by atoms with Crippen molar-refractivity contribution in [2.75, 3.05) is 0 Å². The summed E-state index contributed by atoms with van der Waals surface area (Å²) in [6.07, 6.45) is 3.99. The average Bonchev–Trinajstić information content (AvgIpc) is 2.78. The van der Waals surface area contributed by atoms with E-state index in [4.69, 9.17) is 5.73 Å². The van der Waals surface area contributed by atoms with E-state index in [0.29, 0.717) is 12.5 Å². The summed E-state index contributed by atoms with van der Waals surface area (Å²) in [5.74, 6) is 0.511. The van der Waals surface area contributed by atoms with Crippen LogP contribution in [0.25, 0.3) is 5.69 Å². The molecule has 2 N–H and O–H groups in total. The highest BCUT2D eigenvalue weighted by atomic mass is 15.3. The first kappa shape index (κ1) is 10.9. The summed E-state index contributed by atoms with van der Waals surface area (Å²) in [5, 5.41) is 4.35. The second-order valence-electron chi connectivity index (χ2n) is 4.24. The third-order valence-electron chi connectivity index (χ3n) is 2.71. The van der Waals surface area contributed by atoms with Crippen molar-refractivity contribution in [3.63, 3.8) is 0 Å². The third-order valence-corrected chi connectivity index (χ3v) is 2.71. The zero-order chi connectivity index (χ0) is 11.5. The summed E-state index contributed by atoms with van der Waals surface area (Å²) in [6, 6.07) is 8.15. The molecule has 1 aromatic heterocycles. The van der Waals surface area contributed by atoms with E-state index >= 15 is 0 Å². The van der Waals surface area contributed by atoms with E-state index in [1.165, 1.54) is 5.56 Å². The van der Waals surface area contributed by atoms with E-state index in [9.17, 15) is 0 Å². The van der Waals surface area contributed by atoms with E-state index in [1.807, 2.05) is 35.1 Å². The van der Waals surface area contributed by atoms with E-state index in [2.05, 4.69) is 25.1 Å². The van der Waals surface area contributed by atoms with Crippen molar-refractivity contribution in [1.82, 2.24) is 9.78 Å². The molecule has 2 rings (SSSR count). The molecule has 0 saturated carbocycles. The first-order chi connectivity index (χ1) is 7.70. The van der Waals surface area contributed by atoms with Crippen molar-refractivity contribution < 1.29 is 0 Å². The largest absolute Gasteiger partial charge is 0.326 e. The Kier molecular flexibility index (Phi) is 3.06. The van der Waals surface area contributed by atoms with E-state index in [-0.39, 0.29) is 0 Å². The number of rotatable bonds is 3. The first-order valence-electron chi connectivity index (χ1n) is 5.54. The quantitative estimate of drug-likeness (QED) is 0.854. The van der Waals surface area contributed by atoms with Crippen LogP contribution in [0.2, 0.25) is 0 Å². The van der Waals surface area contributed by atoms with Crippen LogP contribution in [0, 0.1) is 0 Å². The fourth-order valence-corrected chi connectivity index (χ4v) is 1.56. The second-order valence-corrected chi connectivity index (χ2v) is 4.24. The fraction of sp³-hybridized carbons (Fsp3) is 0.308. The van der Waals surface area contributed by atoms with Crippen LogP contribution >= 0.6 is 0 Å². The van der Waals surface area contributed by atoms with Crippen molar-refractivity contribution in [3.8, 4) is 5.69 Å². The number of benzene rings is 1. The van der Waals surface area contributed by atoms with Crippen LogP contribution in [0.15, 0.2) is 36.7 Å². The van der Waals surface area contributed by atoms with Crippen LogP contribution in [0.5, 0.6) is 0 Å². The molecule has 2 aromatic rings. The molecule has 0 aliphatic heterocycles. The Morgan fingerprint density at radius 2 is 1.94 bits per heavy atom. The van der Waals surface area contributed by atoms with Crippen molar-refractivity contribution in [2.45, 2.75) is 26.3 Å². The summed E-state index contributed by atoms with van der Waals surface area (Å²) < 4.78 is 1.90. The van der Waals surface area contributed by atoms with Gasteiger partial charge >= 0.3 is 0 Å². The number of nitrogens with zero attached hydrogens (tertiary/aromatic N) is 2. The molecule has 0 unspecified atom stereocenters. The maximum Gasteiger partial charge on any atom is 0.0645 e. The summed E-state index contributed by atoms with van der Waals surface area (Å²) in [7, 11) is 0. The van der Waals surface area contributed by atoms with Gasteiger partial charge in [0.15, 0.2) is 0 Å². The minimum absolute atomic E-state index is 0.511. The van der Waals surface area contributed by atoms with E-state index in [0.717, 1.165) is 11.3 Å². The lowest BCUT2D eigenvalue weighted by Crippen LogP contribution is -1.98. The lowest BCUT2D eigenvalue weighted by molar-refractivity contribution is 0.857. The van der Waals surface area contributed by atoms with Gasteiger partial charge in [-0.05, 0) is 29.2 Å². The Bertz CT molecular complexity index is 454. The van der Waals surface area contributed by atoms with E-state index < -0.39 is 0 Å². The van der Waals surface area contributed by atoms with Gasteiger partial charge < -0.3 is 5.73 Å². The molecule has 1 aromatic carbocycles. The van der Waals surface area contributed by atoms with Gasteiger partial charge in [0.1, 0.15) is 0 Å². The molecule has 3 nitrogen and oxygen atoms in total. The van der Waals surface area contributed by atoms with Crippen LogP contribution in [0.1, 0.15) is 30.9 Å². The molecule has 0 amide bonds. The van der Waals surface area contributed by atoms with Gasteiger partial charge in [-0.15, -0.1) is 0 Å². The van der Waals surface area contributed by atoms with Gasteiger partial charge in [0.05, 0.1) is 11.9 Å². The predicted octanol–water partition coefficient (Wildman–Crippen LogP) is 2.45. The predicted molar refractivity (Wildman–Crippen MR) is 65.5 cm³/mol. The summed E-state index contributed by atoms with van der Waals surface area (Å²) in [5.41, 5.74) is 9.02. The minimum Gasteiger partial charge on any atom is -0.326 e. The second kappa shape index (κ2) is 4.49. The van der Waals surface area contributed by atoms with Gasteiger partial charge in [0.25, 0.3) is 0 Å². The highest BCUT2D eigenvalue weighted by Gasteiger charge is 2.03. The molecule has 1 heterocycles. The van der Waals surface area contributed by atoms with Crippen LogP contribution in [0.3, 0.4) is 0 Å². The lowest BCUT2D eigenvalue weighted by atomic mass is 10.1. The molecule has 0 radical (unpaired) electrons. The van der Waals surface area contributed by atoms with Crippen molar-refractivity contribution >= 4 is 0 Å². The van der Waals surface area contributed by atoms with Crippen molar-refractivity contribution in [1.29, 1.82) is 0 Å². The number of aromatic nitrogens is 2. The molecule has 84 valence electrons. The maximum absolute atomic E-state index is 5.56. The Balaban J connectivity index is 2.28. The molecule has 0 spiro atoms. The van der Waals surface area contributed by atoms with Gasteiger partial charge in [0, 0.05) is 12.7 Å². The molecule has 0 saturated heterocycles. The van der Waals surface area contributed by atoms with Gasteiger partial charge in [-0.1, -0.05) is 26.0 Å². The van der Waals surface area contributed by atoms with Crippen LogP contribution in [-0.4, -0.2) is 9.78 Å². The summed E-state index contributed by atoms with van der Waals surface area (Å²) in [4.78, 5) is 0. The Labute approximate surface area is 95.9 Å². The maximum atomic E-state index is 5.56. The lowest BCUT2D eigenvalue weighted by Gasteiger charge is -2.02. The smallest absolute Gasteiger partial charge is 0.0645 e. The number of nitrogens with two attached hydrogens (primary N) is 1. The Morgan fingerprint density at radius 1 is 1.25 bits per heavy atom. The van der Waals surface area contributed by atoms with Crippen LogP contribution in [0.4, 0.5) is 0 Å². The number of hydrogen-bond acceptors (Lipinski definition) is 2. The van der Waals surface area contributed by atoms with Crippen LogP contribution in [-0.2, 0) is 6.54 Å². The molecule has 0 fully saturated rings. The molecule has 0 atom stereocenters. The van der Waals surface area contributed by atoms with Gasteiger partial charge in [-0.3, -0.25) is 0 Å².